The van der Waals surface area contributed by atoms with Gasteiger partial charge in [-0.2, -0.15) is 0 Å². The molecule has 1 N–H and O–H groups in total. The lowest BCUT2D eigenvalue weighted by atomic mass is 10.2. The van der Waals surface area contributed by atoms with E-state index in [0.717, 1.165) is 29.1 Å². The van der Waals surface area contributed by atoms with E-state index in [9.17, 15) is 4.79 Å². The van der Waals surface area contributed by atoms with Crippen molar-refractivity contribution in [2.24, 2.45) is 0 Å². The molecule has 118 valence electrons. The summed E-state index contributed by atoms with van der Waals surface area (Å²) in [6.45, 7) is 9.14. The minimum absolute atomic E-state index is 0.0556. The number of aromatic nitrogens is 2. The topological polar surface area (TPSA) is 50.2 Å². The first kappa shape index (κ1) is 15.0. The van der Waals surface area contributed by atoms with Crippen molar-refractivity contribution in [1.82, 2.24) is 14.5 Å². The summed E-state index contributed by atoms with van der Waals surface area (Å²) in [6, 6.07) is 6.34. The van der Waals surface area contributed by atoms with Gasteiger partial charge >= 0.3 is 0 Å². The predicted molar refractivity (Wildman–Crippen MR) is 88.9 cm³/mol. The highest BCUT2D eigenvalue weighted by Gasteiger charge is 2.18. The quantitative estimate of drug-likeness (QED) is 0.943. The van der Waals surface area contributed by atoms with Crippen LogP contribution in [-0.2, 0) is 11.3 Å². The number of carbonyl (C=O) groups excluding carboxylic acids is 1. The molecule has 1 aromatic carbocycles. The molecule has 1 aliphatic heterocycles. The number of imidazole rings is 1. The molecule has 0 aliphatic carbocycles. The summed E-state index contributed by atoms with van der Waals surface area (Å²) in [5, 5.41) is 2.83. The van der Waals surface area contributed by atoms with Crippen molar-refractivity contribution in [3.63, 3.8) is 0 Å². The highest BCUT2D eigenvalue weighted by atomic mass is 16.1. The van der Waals surface area contributed by atoms with Crippen LogP contribution in [0.3, 0.4) is 0 Å². The third-order valence-electron chi connectivity index (χ3n) is 4.16. The smallest absolute Gasteiger partial charge is 0.221 e. The second-order valence-corrected chi connectivity index (χ2v) is 6.36. The Morgan fingerprint density at radius 1 is 1.32 bits per heavy atom. The number of hydrogen-bond acceptors (Lipinski definition) is 3. The molecule has 3 rings (SSSR count). The summed E-state index contributed by atoms with van der Waals surface area (Å²) in [7, 11) is 0. The second-order valence-electron chi connectivity index (χ2n) is 6.36. The monoisotopic (exact) mass is 300 g/mol. The fraction of sp³-hybridized carbons (Fsp3) is 0.529. The Labute approximate surface area is 131 Å². The van der Waals surface area contributed by atoms with Crippen LogP contribution >= 0.6 is 0 Å². The van der Waals surface area contributed by atoms with Crippen LogP contribution in [0, 0.1) is 0 Å². The Morgan fingerprint density at radius 2 is 2.05 bits per heavy atom. The molecular formula is C17H24N4O. The molecule has 0 spiro atoms. The summed E-state index contributed by atoms with van der Waals surface area (Å²) >= 11 is 0. The summed E-state index contributed by atoms with van der Waals surface area (Å²) in [6.07, 6.45) is 2.57. The summed E-state index contributed by atoms with van der Waals surface area (Å²) in [5.41, 5.74) is 2.90. The standard InChI is InChI=1S/C17H24N4O/c1-12(2)21-16-7-6-14(18-13(3)22)10-15(16)19-17(21)11-20-8-4-5-9-20/h6-7,10,12H,4-5,8-9,11H2,1-3H3,(H,18,22). The van der Waals surface area contributed by atoms with Gasteiger partial charge in [0, 0.05) is 18.7 Å². The molecule has 1 aromatic heterocycles. The van der Waals surface area contributed by atoms with E-state index in [0.29, 0.717) is 6.04 Å². The average molecular weight is 300 g/mol. The van der Waals surface area contributed by atoms with Crippen LogP contribution in [0.25, 0.3) is 11.0 Å². The lowest BCUT2D eigenvalue weighted by Crippen LogP contribution is -2.21. The number of amides is 1. The lowest BCUT2D eigenvalue weighted by molar-refractivity contribution is -0.114. The Bertz CT molecular complexity index is 683. The number of hydrogen-bond donors (Lipinski definition) is 1. The third kappa shape index (κ3) is 2.99. The number of likely N-dealkylation sites (tertiary alicyclic amines) is 1. The third-order valence-corrected chi connectivity index (χ3v) is 4.16. The number of nitrogens with one attached hydrogen (secondary N) is 1. The van der Waals surface area contributed by atoms with Crippen LogP contribution in [0.5, 0.6) is 0 Å². The molecule has 5 heteroatoms. The van der Waals surface area contributed by atoms with E-state index >= 15 is 0 Å². The number of carbonyl (C=O) groups is 1. The molecule has 1 amide bonds. The fourth-order valence-corrected chi connectivity index (χ4v) is 3.26. The van der Waals surface area contributed by atoms with Gasteiger partial charge in [-0.05, 0) is 58.0 Å². The molecule has 0 bridgehead atoms. The summed E-state index contributed by atoms with van der Waals surface area (Å²) in [5.74, 6) is 1.06. The van der Waals surface area contributed by atoms with Gasteiger partial charge in [-0.15, -0.1) is 0 Å². The zero-order valence-electron chi connectivity index (χ0n) is 13.6. The van der Waals surface area contributed by atoms with Crippen LogP contribution in [0.2, 0.25) is 0 Å². The van der Waals surface area contributed by atoms with Crippen LogP contribution in [0.15, 0.2) is 18.2 Å². The van der Waals surface area contributed by atoms with Gasteiger partial charge in [-0.25, -0.2) is 4.98 Å². The SMILES string of the molecule is CC(=O)Nc1ccc2c(c1)nc(CN1CCCC1)n2C(C)C. The Kier molecular flexibility index (Phi) is 4.16. The molecular weight excluding hydrogens is 276 g/mol. The molecule has 5 nitrogen and oxygen atoms in total. The molecule has 0 unspecified atom stereocenters. The van der Waals surface area contributed by atoms with Gasteiger partial charge in [0.15, 0.2) is 0 Å². The van der Waals surface area contributed by atoms with Crippen molar-refractivity contribution >= 4 is 22.6 Å². The van der Waals surface area contributed by atoms with Crippen molar-refractivity contribution in [3.05, 3.63) is 24.0 Å². The van der Waals surface area contributed by atoms with Crippen molar-refractivity contribution in [3.8, 4) is 0 Å². The van der Waals surface area contributed by atoms with Gasteiger partial charge in [-0.3, -0.25) is 9.69 Å². The van der Waals surface area contributed by atoms with Gasteiger partial charge in [0.05, 0.1) is 17.6 Å². The number of rotatable bonds is 4. The van der Waals surface area contributed by atoms with Crippen LogP contribution in [0.1, 0.15) is 45.5 Å². The van der Waals surface area contributed by atoms with E-state index in [2.05, 4.69) is 34.7 Å². The molecule has 0 radical (unpaired) electrons. The van der Waals surface area contributed by atoms with Gasteiger partial charge < -0.3 is 9.88 Å². The zero-order chi connectivity index (χ0) is 15.7. The number of nitrogens with zero attached hydrogens (tertiary/aromatic N) is 3. The molecule has 0 atom stereocenters. The predicted octanol–water partition coefficient (Wildman–Crippen LogP) is 3.17. The lowest BCUT2D eigenvalue weighted by Gasteiger charge is -2.18. The van der Waals surface area contributed by atoms with E-state index in [-0.39, 0.29) is 5.91 Å². The summed E-state index contributed by atoms with van der Waals surface area (Å²) < 4.78 is 2.31. The highest BCUT2D eigenvalue weighted by Crippen LogP contribution is 2.25. The zero-order valence-corrected chi connectivity index (χ0v) is 13.6. The van der Waals surface area contributed by atoms with Gasteiger partial charge in [0.2, 0.25) is 5.91 Å². The first-order chi connectivity index (χ1) is 10.5. The first-order valence-electron chi connectivity index (χ1n) is 8.05. The summed E-state index contributed by atoms with van der Waals surface area (Å²) in [4.78, 5) is 18.5. The molecule has 0 saturated carbocycles. The molecule has 1 fully saturated rings. The fourth-order valence-electron chi connectivity index (χ4n) is 3.26. The van der Waals surface area contributed by atoms with Crippen LogP contribution in [0.4, 0.5) is 5.69 Å². The molecule has 2 heterocycles. The number of anilines is 1. The van der Waals surface area contributed by atoms with Crippen LogP contribution < -0.4 is 5.32 Å². The van der Waals surface area contributed by atoms with Gasteiger partial charge in [0.1, 0.15) is 5.82 Å². The largest absolute Gasteiger partial charge is 0.326 e. The van der Waals surface area contributed by atoms with Gasteiger partial charge in [-0.1, -0.05) is 0 Å². The van der Waals surface area contributed by atoms with E-state index in [1.807, 2.05) is 12.1 Å². The maximum atomic E-state index is 11.2. The molecule has 1 aliphatic rings. The van der Waals surface area contributed by atoms with E-state index in [4.69, 9.17) is 4.98 Å². The van der Waals surface area contributed by atoms with E-state index in [1.54, 1.807) is 0 Å². The first-order valence-corrected chi connectivity index (χ1v) is 8.05. The van der Waals surface area contributed by atoms with E-state index < -0.39 is 0 Å². The van der Waals surface area contributed by atoms with Crippen LogP contribution in [-0.4, -0.2) is 33.4 Å². The Morgan fingerprint density at radius 3 is 2.68 bits per heavy atom. The maximum absolute atomic E-state index is 11.2. The average Bonchev–Trinajstić information content (AvgIpc) is 3.04. The highest BCUT2D eigenvalue weighted by molar-refractivity contribution is 5.91. The number of benzene rings is 1. The minimum atomic E-state index is -0.0556. The van der Waals surface area contributed by atoms with Crippen molar-refractivity contribution in [2.75, 3.05) is 18.4 Å². The maximum Gasteiger partial charge on any atom is 0.221 e. The van der Waals surface area contributed by atoms with Crippen molar-refractivity contribution in [1.29, 1.82) is 0 Å². The van der Waals surface area contributed by atoms with Crippen molar-refractivity contribution in [2.45, 2.75) is 46.2 Å². The Balaban J connectivity index is 1.98. The molecule has 22 heavy (non-hydrogen) atoms. The van der Waals surface area contributed by atoms with Crippen molar-refractivity contribution < 1.29 is 4.79 Å². The second kappa shape index (κ2) is 6.08. The number of fused-ring (bicyclic) bond motifs is 1. The van der Waals surface area contributed by atoms with E-state index in [1.165, 1.54) is 32.9 Å². The molecule has 2 aromatic rings. The molecule has 1 saturated heterocycles. The van der Waals surface area contributed by atoms with Gasteiger partial charge in [0.25, 0.3) is 0 Å². The normalized spacial score (nSPS) is 15.8. The Hall–Kier alpha value is -1.88. The minimum Gasteiger partial charge on any atom is -0.326 e.